The van der Waals surface area contributed by atoms with Crippen molar-refractivity contribution in [1.82, 2.24) is 10.6 Å². The monoisotopic (exact) mass is 536 g/mol. The summed E-state index contributed by atoms with van der Waals surface area (Å²) in [5, 5.41) is 20.4. The van der Waals surface area contributed by atoms with Crippen LogP contribution in [0.2, 0.25) is 5.02 Å². The van der Waals surface area contributed by atoms with Gasteiger partial charge >= 0.3 is 0 Å². The number of hydrogen-bond donors (Lipinski definition) is 3. The number of hydrogen-bond acceptors (Lipinski definition) is 7. The zero-order valence-electron chi connectivity index (χ0n) is 19.5. The Hall–Kier alpha value is -2.46. The molecule has 0 aliphatic heterocycles. The Balaban J connectivity index is 0.00000544. The molecule has 0 radical (unpaired) electrons. The third kappa shape index (κ3) is 10.2. The van der Waals surface area contributed by atoms with Gasteiger partial charge in [0, 0.05) is 42.9 Å². The predicted octanol–water partition coefficient (Wildman–Crippen LogP) is 4.60. The van der Waals surface area contributed by atoms with Gasteiger partial charge < -0.3 is 25.4 Å². The lowest BCUT2D eigenvalue weighted by Gasteiger charge is -2.21. The largest absolute Gasteiger partial charge is 0.493 e. The van der Waals surface area contributed by atoms with Gasteiger partial charge in [-0.05, 0) is 32.9 Å². The molecule has 190 valence electrons. The maximum atomic E-state index is 12.1. The van der Waals surface area contributed by atoms with Crippen molar-refractivity contribution in [3.05, 3.63) is 57.1 Å². The van der Waals surface area contributed by atoms with Crippen molar-refractivity contribution in [2.75, 3.05) is 32.1 Å². The maximum Gasteiger partial charge on any atom is 0.271 e. The Labute approximate surface area is 216 Å². The molecular weight excluding hydrogens is 507 g/mol. The summed E-state index contributed by atoms with van der Waals surface area (Å²) in [6.45, 7) is 7.22. The van der Waals surface area contributed by atoms with E-state index >= 15 is 0 Å². The first-order valence-corrected chi connectivity index (χ1v) is 10.5. The number of nitrogens with zero attached hydrogens (tertiary/aromatic N) is 1. The number of para-hydroxylation sites is 1. The SMILES string of the molecule is COc1cccc(CNCCNc2ccc([N+](=O)[O-])cc2Cl)c1OCC(=O)NC(C)(C)C.Cl.Cl. The zero-order valence-corrected chi connectivity index (χ0v) is 21.9. The zero-order chi connectivity index (χ0) is 23.7. The molecule has 2 aromatic rings. The summed E-state index contributed by atoms with van der Waals surface area (Å²) < 4.78 is 11.2. The smallest absolute Gasteiger partial charge is 0.271 e. The minimum Gasteiger partial charge on any atom is -0.493 e. The van der Waals surface area contributed by atoms with E-state index in [0.717, 1.165) is 5.56 Å². The average molecular weight is 538 g/mol. The minimum atomic E-state index is -0.488. The van der Waals surface area contributed by atoms with Gasteiger partial charge in [0.1, 0.15) is 0 Å². The van der Waals surface area contributed by atoms with Gasteiger partial charge in [-0.3, -0.25) is 14.9 Å². The number of halogens is 3. The van der Waals surface area contributed by atoms with Gasteiger partial charge in [0.05, 0.1) is 22.7 Å². The van der Waals surface area contributed by atoms with Crippen molar-refractivity contribution in [2.45, 2.75) is 32.9 Å². The molecular formula is C22H31Cl3N4O5. The Morgan fingerprint density at radius 2 is 1.85 bits per heavy atom. The molecule has 0 bridgehead atoms. The third-order valence-electron chi connectivity index (χ3n) is 4.24. The molecule has 34 heavy (non-hydrogen) atoms. The number of ether oxygens (including phenoxy) is 2. The number of carbonyl (C=O) groups is 1. The van der Waals surface area contributed by atoms with E-state index in [-0.39, 0.29) is 53.6 Å². The van der Waals surface area contributed by atoms with Gasteiger partial charge in [-0.25, -0.2) is 0 Å². The first kappa shape index (κ1) is 31.5. The molecule has 0 aliphatic rings. The minimum absolute atomic E-state index is 0. The second-order valence-electron chi connectivity index (χ2n) is 8.06. The van der Waals surface area contributed by atoms with Gasteiger partial charge in [0.15, 0.2) is 18.1 Å². The number of anilines is 1. The number of amides is 1. The summed E-state index contributed by atoms with van der Waals surface area (Å²) in [6.07, 6.45) is 0. The number of benzene rings is 2. The number of carbonyl (C=O) groups excluding carboxylic acids is 1. The molecule has 2 aromatic carbocycles. The van der Waals surface area contributed by atoms with Crippen molar-refractivity contribution in [3.8, 4) is 11.5 Å². The summed E-state index contributed by atoms with van der Waals surface area (Å²) in [7, 11) is 1.55. The summed E-state index contributed by atoms with van der Waals surface area (Å²) in [6, 6.07) is 9.82. The third-order valence-corrected chi connectivity index (χ3v) is 4.55. The summed E-state index contributed by atoms with van der Waals surface area (Å²) in [5.41, 5.74) is 1.07. The Morgan fingerprint density at radius 3 is 2.44 bits per heavy atom. The standard InChI is InChI=1S/C22H29ClN4O5.2ClH/c1-22(2,3)26-20(28)14-32-21-15(6-5-7-19(21)31-4)13-24-10-11-25-18-9-8-16(27(29)30)12-17(18)23;;/h5-9,12,24-25H,10-11,13-14H2,1-4H3,(H,26,28);2*1H. The van der Waals surface area contributed by atoms with Crippen LogP contribution in [0.3, 0.4) is 0 Å². The second kappa shape index (κ2) is 14.7. The molecule has 0 aliphatic carbocycles. The molecule has 2 rings (SSSR count). The van der Waals surface area contributed by atoms with E-state index in [1.807, 2.05) is 32.9 Å². The Morgan fingerprint density at radius 1 is 1.15 bits per heavy atom. The van der Waals surface area contributed by atoms with Crippen molar-refractivity contribution < 1.29 is 19.2 Å². The second-order valence-corrected chi connectivity index (χ2v) is 8.47. The van der Waals surface area contributed by atoms with E-state index in [2.05, 4.69) is 16.0 Å². The van der Waals surface area contributed by atoms with Crippen LogP contribution in [-0.4, -0.2) is 43.2 Å². The highest BCUT2D eigenvalue weighted by molar-refractivity contribution is 6.33. The number of methoxy groups -OCH3 is 1. The maximum absolute atomic E-state index is 12.1. The van der Waals surface area contributed by atoms with Crippen LogP contribution in [-0.2, 0) is 11.3 Å². The molecule has 0 fully saturated rings. The summed E-state index contributed by atoms with van der Waals surface area (Å²) >= 11 is 6.09. The highest BCUT2D eigenvalue weighted by Gasteiger charge is 2.16. The molecule has 12 heteroatoms. The van der Waals surface area contributed by atoms with Gasteiger partial charge in [-0.15, -0.1) is 24.8 Å². The first-order chi connectivity index (χ1) is 15.1. The molecule has 0 heterocycles. The Bertz CT molecular complexity index is 955. The predicted molar refractivity (Wildman–Crippen MR) is 139 cm³/mol. The van der Waals surface area contributed by atoms with Crippen molar-refractivity contribution in [3.63, 3.8) is 0 Å². The molecule has 9 nitrogen and oxygen atoms in total. The van der Waals surface area contributed by atoms with Crippen molar-refractivity contribution >= 4 is 53.7 Å². The van der Waals surface area contributed by atoms with Crippen LogP contribution >= 0.6 is 36.4 Å². The molecule has 0 spiro atoms. The molecule has 0 unspecified atom stereocenters. The fourth-order valence-corrected chi connectivity index (χ4v) is 3.13. The van der Waals surface area contributed by atoms with Gasteiger partial charge in [-0.1, -0.05) is 23.7 Å². The fourth-order valence-electron chi connectivity index (χ4n) is 2.89. The lowest BCUT2D eigenvalue weighted by Crippen LogP contribution is -2.43. The number of rotatable bonds is 11. The molecule has 0 saturated heterocycles. The van der Waals surface area contributed by atoms with Crippen LogP contribution in [0, 0.1) is 10.1 Å². The summed E-state index contributed by atoms with van der Waals surface area (Å²) in [5.74, 6) is 0.841. The van der Waals surface area contributed by atoms with Gasteiger partial charge in [0.2, 0.25) is 0 Å². The van der Waals surface area contributed by atoms with Crippen LogP contribution in [0.1, 0.15) is 26.3 Å². The molecule has 0 atom stereocenters. The van der Waals surface area contributed by atoms with Crippen molar-refractivity contribution in [2.24, 2.45) is 0 Å². The van der Waals surface area contributed by atoms with E-state index in [9.17, 15) is 14.9 Å². The van der Waals surface area contributed by atoms with Crippen LogP contribution in [0.25, 0.3) is 0 Å². The van der Waals surface area contributed by atoms with E-state index in [1.165, 1.54) is 12.1 Å². The summed E-state index contributed by atoms with van der Waals surface area (Å²) in [4.78, 5) is 22.4. The quantitative estimate of drug-likeness (QED) is 0.218. The highest BCUT2D eigenvalue weighted by atomic mass is 35.5. The molecule has 3 N–H and O–H groups in total. The number of nitro benzene ring substituents is 1. The van der Waals surface area contributed by atoms with Crippen LogP contribution in [0.4, 0.5) is 11.4 Å². The first-order valence-electron chi connectivity index (χ1n) is 10.1. The Kier molecular flexibility index (Phi) is 13.7. The van der Waals surface area contributed by atoms with Crippen LogP contribution < -0.4 is 25.4 Å². The van der Waals surface area contributed by atoms with Crippen LogP contribution in [0.5, 0.6) is 11.5 Å². The van der Waals surface area contributed by atoms with Crippen molar-refractivity contribution in [1.29, 1.82) is 0 Å². The average Bonchev–Trinajstić information content (AvgIpc) is 2.71. The topological polar surface area (TPSA) is 115 Å². The van der Waals surface area contributed by atoms with E-state index in [1.54, 1.807) is 19.2 Å². The number of nitrogens with one attached hydrogen (secondary N) is 3. The normalized spacial score (nSPS) is 10.4. The van der Waals surface area contributed by atoms with E-state index in [0.29, 0.717) is 36.8 Å². The molecule has 1 amide bonds. The van der Waals surface area contributed by atoms with Gasteiger partial charge in [0.25, 0.3) is 11.6 Å². The fraction of sp³-hybridized carbons (Fsp3) is 0.409. The van der Waals surface area contributed by atoms with E-state index in [4.69, 9.17) is 21.1 Å². The number of nitro groups is 1. The molecule has 0 aromatic heterocycles. The molecule has 0 saturated carbocycles. The highest BCUT2D eigenvalue weighted by Crippen LogP contribution is 2.31. The van der Waals surface area contributed by atoms with Gasteiger partial charge in [-0.2, -0.15) is 0 Å². The number of non-ortho nitro benzene ring substituents is 1. The van der Waals surface area contributed by atoms with E-state index < -0.39 is 4.92 Å². The lowest BCUT2D eigenvalue weighted by molar-refractivity contribution is -0.384. The lowest BCUT2D eigenvalue weighted by atomic mass is 10.1. The van der Waals surface area contributed by atoms with Crippen LogP contribution in [0.15, 0.2) is 36.4 Å².